The van der Waals surface area contributed by atoms with E-state index in [9.17, 15) is 4.79 Å². The molecule has 0 aliphatic carbocycles. The summed E-state index contributed by atoms with van der Waals surface area (Å²) in [5, 5.41) is 4.98. The molecule has 1 aliphatic heterocycles. The number of nitrogens with one attached hydrogen (secondary N) is 1. The van der Waals surface area contributed by atoms with E-state index in [2.05, 4.69) is 42.6 Å². The highest BCUT2D eigenvalue weighted by Crippen LogP contribution is 2.30. The molecule has 1 amide bonds. The number of carbonyl (C=O) groups is 1. The molecule has 1 fully saturated rings. The molecule has 3 nitrogen and oxygen atoms in total. The topological polar surface area (TPSA) is 32.3 Å². The maximum atomic E-state index is 11.5. The van der Waals surface area contributed by atoms with Crippen molar-refractivity contribution < 1.29 is 4.79 Å². The molecule has 2 aromatic rings. The minimum Gasteiger partial charge on any atom is -0.344 e. The highest BCUT2D eigenvalue weighted by atomic mass is 32.1. The molecule has 0 bridgehead atoms. The van der Waals surface area contributed by atoms with Crippen LogP contribution in [0.1, 0.15) is 30.7 Å². The second-order valence-electron chi connectivity index (χ2n) is 5.58. The third-order valence-electron chi connectivity index (χ3n) is 3.98. The fourth-order valence-electron chi connectivity index (χ4n) is 2.80. The van der Waals surface area contributed by atoms with E-state index in [0.717, 1.165) is 13.0 Å². The molecule has 1 aromatic carbocycles. The first-order chi connectivity index (χ1) is 9.63. The van der Waals surface area contributed by atoms with Crippen LogP contribution >= 0.6 is 11.3 Å². The number of amides is 1. The zero-order chi connectivity index (χ0) is 14.1. The van der Waals surface area contributed by atoms with Crippen molar-refractivity contribution in [3.05, 3.63) is 35.2 Å². The lowest BCUT2D eigenvalue weighted by Crippen LogP contribution is -2.47. The Morgan fingerprint density at radius 3 is 2.95 bits per heavy atom. The van der Waals surface area contributed by atoms with Crippen molar-refractivity contribution in [1.82, 2.24) is 10.2 Å². The first kappa shape index (κ1) is 13.6. The second-order valence-corrected chi connectivity index (χ2v) is 6.70. The molecule has 3 rings (SSSR count). The zero-order valence-electron chi connectivity index (χ0n) is 11.9. The Hall–Kier alpha value is -1.39. The van der Waals surface area contributed by atoms with Crippen LogP contribution in [0.15, 0.2) is 30.3 Å². The van der Waals surface area contributed by atoms with Crippen LogP contribution in [0.4, 0.5) is 0 Å². The lowest BCUT2D eigenvalue weighted by Gasteiger charge is -2.32. The van der Waals surface area contributed by atoms with Gasteiger partial charge in [-0.05, 0) is 30.9 Å². The van der Waals surface area contributed by atoms with Gasteiger partial charge in [0.15, 0.2) is 0 Å². The lowest BCUT2D eigenvalue weighted by atomic mass is 10.0. The van der Waals surface area contributed by atoms with Gasteiger partial charge in [0.1, 0.15) is 0 Å². The van der Waals surface area contributed by atoms with E-state index in [4.69, 9.17) is 0 Å². The van der Waals surface area contributed by atoms with E-state index in [1.165, 1.54) is 15.0 Å². The Balaban J connectivity index is 1.69. The van der Waals surface area contributed by atoms with Gasteiger partial charge in [-0.1, -0.05) is 18.2 Å². The summed E-state index contributed by atoms with van der Waals surface area (Å²) in [6.07, 6.45) is 1.60. The SMILES string of the molecule is CC(NC1CCC(=O)N(C)C1)c1cc2ccccc2s1. The van der Waals surface area contributed by atoms with Crippen molar-refractivity contribution in [3.8, 4) is 0 Å². The number of thiophene rings is 1. The molecule has 0 spiro atoms. The monoisotopic (exact) mass is 288 g/mol. The molecule has 0 saturated carbocycles. The Labute approximate surface area is 123 Å². The van der Waals surface area contributed by atoms with Crippen LogP contribution in [0.3, 0.4) is 0 Å². The number of likely N-dealkylation sites (tertiary alicyclic amines) is 1. The number of hydrogen-bond donors (Lipinski definition) is 1. The van der Waals surface area contributed by atoms with Gasteiger partial charge >= 0.3 is 0 Å². The number of carbonyl (C=O) groups excluding carboxylic acids is 1. The van der Waals surface area contributed by atoms with Gasteiger partial charge in [-0.25, -0.2) is 0 Å². The molecule has 1 saturated heterocycles. The van der Waals surface area contributed by atoms with Crippen LogP contribution in [0.25, 0.3) is 10.1 Å². The number of benzene rings is 1. The first-order valence-electron chi connectivity index (χ1n) is 7.12. The highest BCUT2D eigenvalue weighted by molar-refractivity contribution is 7.19. The quantitative estimate of drug-likeness (QED) is 0.941. The van der Waals surface area contributed by atoms with Crippen molar-refractivity contribution in [2.75, 3.05) is 13.6 Å². The van der Waals surface area contributed by atoms with Crippen molar-refractivity contribution in [2.45, 2.75) is 31.8 Å². The second kappa shape index (κ2) is 5.54. The minimum absolute atomic E-state index is 0.262. The Kier molecular flexibility index (Phi) is 3.76. The summed E-state index contributed by atoms with van der Waals surface area (Å²) < 4.78 is 1.34. The standard InChI is InChI=1S/C16H20N2OS/c1-11(17-13-7-8-16(19)18(2)10-13)15-9-12-5-3-4-6-14(12)20-15/h3-6,9,11,13,17H,7-8,10H2,1-2H3. The predicted octanol–water partition coefficient (Wildman–Crippen LogP) is 3.17. The number of rotatable bonds is 3. The van der Waals surface area contributed by atoms with E-state index >= 15 is 0 Å². The summed E-state index contributed by atoms with van der Waals surface area (Å²) in [5.74, 6) is 0.262. The molecule has 1 aliphatic rings. The lowest BCUT2D eigenvalue weighted by molar-refractivity contribution is -0.132. The predicted molar refractivity (Wildman–Crippen MR) is 84.0 cm³/mol. The zero-order valence-corrected chi connectivity index (χ0v) is 12.7. The highest BCUT2D eigenvalue weighted by Gasteiger charge is 2.24. The van der Waals surface area contributed by atoms with E-state index in [0.29, 0.717) is 18.5 Å². The van der Waals surface area contributed by atoms with Crippen molar-refractivity contribution in [1.29, 1.82) is 0 Å². The van der Waals surface area contributed by atoms with Gasteiger partial charge < -0.3 is 10.2 Å². The fraction of sp³-hybridized carbons (Fsp3) is 0.438. The number of nitrogens with zero attached hydrogens (tertiary/aromatic N) is 1. The Bertz CT molecular complexity index is 589. The van der Waals surface area contributed by atoms with E-state index in [1.54, 1.807) is 0 Å². The molecule has 1 aromatic heterocycles. The summed E-state index contributed by atoms with van der Waals surface area (Å²) in [6.45, 7) is 3.02. The molecular formula is C16H20N2OS. The summed E-state index contributed by atoms with van der Waals surface area (Å²) in [5.41, 5.74) is 0. The van der Waals surface area contributed by atoms with Crippen LogP contribution in [-0.4, -0.2) is 30.4 Å². The fourth-order valence-corrected chi connectivity index (χ4v) is 3.88. The van der Waals surface area contributed by atoms with E-state index in [1.807, 2.05) is 23.3 Å². The largest absolute Gasteiger partial charge is 0.344 e. The first-order valence-corrected chi connectivity index (χ1v) is 7.93. The van der Waals surface area contributed by atoms with Crippen LogP contribution in [0.2, 0.25) is 0 Å². The van der Waals surface area contributed by atoms with Gasteiger partial charge in [0.05, 0.1) is 0 Å². The van der Waals surface area contributed by atoms with Crippen LogP contribution in [0.5, 0.6) is 0 Å². The van der Waals surface area contributed by atoms with E-state index < -0.39 is 0 Å². The number of fused-ring (bicyclic) bond motifs is 1. The van der Waals surface area contributed by atoms with Crippen molar-refractivity contribution >= 4 is 27.3 Å². The normalized spacial score (nSPS) is 21.4. The minimum atomic E-state index is 0.262. The number of likely N-dealkylation sites (N-methyl/N-ethyl adjacent to an activating group) is 1. The van der Waals surface area contributed by atoms with Gasteiger partial charge in [0, 0.05) is 41.7 Å². The van der Waals surface area contributed by atoms with Crippen LogP contribution < -0.4 is 5.32 Å². The maximum absolute atomic E-state index is 11.5. The summed E-state index contributed by atoms with van der Waals surface area (Å²) >= 11 is 1.85. The number of piperidine rings is 1. The van der Waals surface area contributed by atoms with E-state index in [-0.39, 0.29) is 5.91 Å². The molecule has 4 heteroatoms. The summed E-state index contributed by atoms with van der Waals surface area (Å²) in [7, 11) is 1.89. The average Bonchev–Trinajstić information content (AvgIpc) is 2.87. The summed E-state index contributed by atoms with van der Waals surface area (Å²) in [6, 6.07) is 11.5. The molecule has 20 heavy (non-hydrogen) atoms. The maximum Gasteiger partial charge on any atom is 0.222 e. The molecule has 2 unspecified atom stereocenters. The molecular weight excluding hydrogens is 268 g/mol. The van der Waals surface area contributed by atoms with Crippen LogP contribution in [0, 0.1) is 0 Å². The van der Waals surface area contributed by atoms with Crippen molar-refractivity contribution in [2.24, 2.45) is 0 Å². The molecule has 106 valence electrons. The molecule has 2 heterocycles. The Morgan fingerprint density at radius 1 is 1.40 bits per heavy atom. The van der Waals surface area contributed by atoms with Gasteiger partial charge in [-0.15, -0.1) is 11.3 Å². The summed E-state index contributed by atoms with van der Waals surface area (Å²) in [4.78, 5) is 14.7. The third-order valence-corrected chi connectivity index (χ3v) is 5.28. The van der Waals surface area contributed by atoms with Gasteiger partial charge in [-0.2, -0.15) is 0 Å². The van der Waals surface area contributed by atoms with Gasteiger partial charge in [0.25, 0.3) is 0 Å². The Morgan fingerprint density at radius 2 is 2.20 bits per heavy atom. The molecule has 1 N–H and O–H groups in total. The number of hydrogen-bond acceptors (Lipinski definition) is 3. The van der Waals surface area contributed by atoms with Gasteiger partial charge in [-0.3, -0.25) is 4.79 Å². The van der Waals surface area contributed by atoms with Crippen molar-refractivity contribution in [3.63, 3.8) is 0 Å². The van der Waals surface area contributed by atoms with Crippen LogP contribution in [-0.2, 0) is 4.79 Å². The third kappa shape index (κ3) is 2.72. The molecule has 2 atom stereocenters. The average molecular weight is 288 g/mol. The molecule has 0 radical (unpaired) electrons. The van der Waals surface area contributed by atoms with Gasteiger partial charge in [0.2, 0.25) is 5.91 Å². The smallest absolute Gasteiger partial charge is 0.222 e.